The quantitative estimate of drug-likeness (QED) is 0.852. The van der Waals surface area contributed by atoms with E-state index >= 15 is 0 Å². The Bertz CT molecular complexity index is 583. The number of hydrogen-bond donors (Lipinski definition) is 1. The molecule has 0 aliphatic rings. The topological polar surface area (TPSA) is 42.7 Å². The van der Waals surface area contributed by atoms with Gasteiger partial charge in [-0.3, -0.25) is 4.68 Å². The molecule has 2 aromatic heterocycles. The molecule has 0 atom stereocenters. The number of nitrogens with zero attached hydrogens (tertiary/aromatic N) is 3. The fourth-order valence-electron chi connectivity index (χ4n) is 2.35. The lowest BCUT2D eigenvalue weighted by Gasteiger charge is -2.08. The van der Waals surface area contributed by atoms with E-state index in [9.17, 15) is 0 Å². The molecule has 0 spiro atoms. The molecule has 2 heterocycles. The molecule has 0 radical (unpaired) electrons. The van der Waals surface area contributed by atoms with Crippen molar-refractivity contribution in [2.45, 2.75) is 66.6 Å². The van der Waals surface area contributed by atoms with Crippen molar-refractivity contribution in [3.8, 4) is 0 Å². The van der Waals surface area contributed by atoms with Crippen LogP contribution in [0.3, 0.4) is 0 Å². The van der Waals surface area contributed by atoms with Gasteiger partial charge in [0.25, 0.3) is 0 Å². The predicted molar refractivity (Wildman–Crippen MR) is 88.9 cm³/mol. The van der Waals surface area contributed by atoms with Crippen molar-refractivity contribution >= 4 is 11.3 Å². The molecule has 1 N–H and O–H groups in total. The van der Waals surface area contributed by atoms with E-state index in [4.69, 9.17) is 4.98 Å². The lowest BCUT2D eigenvalue weighted by atomic mass is 10.2. The van der Waals surface area contributed by atoms with E-state index in [-0.39, 0.29) is 0 Å². The van der Waals surface area contributed by atoms with Crippen molar-refractivity contribution in [3.05, 3.63) is 33.0 Å². The zero-order chi connectivity index (χ0) is 15.4. The number of rotatable bonds is 7. The van der Waals surface area contributed by atoms with Crippen LogP contribution in [0.25, 0.3) is 0 Å². The minimum absolute atomic E-state index is 0.488. The average molecular weight is 306 g/mol. The highest BCUT2D eigenvalue weighted by atomic mass is 32.1. The van der Waals surface area contributed by atoms with Crippen LogP contribution in [0.15, 0.2) is 5.38 Å². The summed E-state index contributed by atoms with van der Waals surface area (Å²) in [6.07, 6.45) is 2.23. The SMILES string of the molecule is CCCc1nc(Cn2nc(C)c(CNC(C)C)c2C)cs1. The maximum absolute atomic E-state index is 4.69. The van der Waals surface area contributed by atoms with Gasteiger partial charge in [0.15, 0.2) is 0 Å². The van der Waals surface area contributed by atoms with E-state index in [1.165, 1.54) is 16.3 Å². The van der Waals surface area contributed by atoms with E-state index in [2.05, 4.69) is 55.1 Å². The van der Waals surface area contributed by atoms with Crippen molar-refractivity contribution in [1.29, 1.82) is 0 Å². The second-order valence-electron chi connectivity index (χ2n) is 5.83. The fraction of sp³-hybridized carbons (Fsp3) is 0.625. The molecule has 0 saturated heterocycles. The number of nitrogens with one attached hydrogen (secondary N) is 1. The number of hydrogen-bond acceptors (Lipinski definition) is 4. The molecule has 0 bridgehead atoms. The van der Waals surface area contributed by atoms with Gasteiger partial charge in [-0.1, -0.05) is 20.8 Å². The Morgan fingerprint density at radius 3 is 2.76 bits per heavy atom. The van der Waals surface area contributed by atoms with Crippen LogP contribution in [-0.4, -0.2) is 20.8 Å². The third-order valence-electron chi connectivity index (χ3n) is 3.59. The first-order chi connectivity index (χ1) is 10.0. The van der Waals surface area contributed by atoms with Gasteiger partial charge >= 0.3 is 0 Å². The van der Waals surface area contributed by atoms with Crippen LogP contribution in [0.4, 0.5) is 0 Å². The van der Waals surface area contributed by atoms with E-state index in [0.717, 1.165) is 37.3 Å². The highest BCUT2D eigenvalue weighted by Gasteiger charge is 2.13. The second kappa shape index (κ2) is 7.18. The highest BCUT2D eigenvalue weighted by Crippen LogP contribution is 2.17. The van der Waals surface area contributed by atoms with Gasteiger partial charge in [-0.25, -0.2) is 4.98 Å². The van der Waals surface area contributed by atoms with Crippen LogP contribution in [0, 0.1) is 13.8 Å². The van der Waals surface area contributed by atoms with E-state index < -0.39 is 0 Å². The van der Waals surface area contributed by atoms with Crippen LogP contribution >= 0.6 is 11.3 Å². The standard InChI is InChI=1S/C16H26N4S/c1-6-7-16-18-14(10-21-16)9-20-13(5)15(12(4)19-20)8-17-11(2)3/h10-11,17H,6-9H2,1-5H3. The summed E-state index contributed by atoms with van der Waals surface area (Å²) in [7, 11) is 0. The molecule has 0 aromatic carbocycles. The Kier molecular flexibility index (Phi) is 5.53. The molecule has 116 valence electrons. The third kappa shape index (κ3) is 4.14. The smallest absolute Gasteiger partial charge is 0.0928 e. The van der Waals surface area contributed by atoms with Gasteiger partial charge in [0.05, 0.1) is 22.9 Å². The molecular weight excluding hydrogens is 280 g/mol. The molecule has 2 aromatic rings. The van der Waals surface area contributed by atoms with Crippen molar-refractivity contribution in [2.75, 3.05) is 0 Å². The van der Waals surface area contributed by atoms with Gasteiger partial charge in [-0.2, -0.15) is 5.10 Å². The number of aryl methyl sites for hydroxylation is 2. The summed E-state index contributed by atoms with van der Waals surface area (Å²) in [4.78, 5) is 4.69. The van der Waals surface area contributed by atoms with Gasteiger partial charge in [0.2, 0.25) is 0 Å². The van der Waals surface area contributed by atoms with Gasteiger partial charge in [-0.05, 0) is 26.7 Å². The maximum atomic E-state index is 4.69. The fourth-order valence-corrected chi connectivity index (χ4v) is 3.24. The molecule has 21 heavy (non-hydrogen) atoms. The Balaban J connectivity index is 2.11. The molecule has 4 nitrogen and oxygen atoms in total. The van der Waals surface area contributed by atoms with Crippen molar-refractivity contribution in [2.24, 2.45) is 0 Å². The molecule has 0 fully saturated rings. The Hall–Kier alpha value is -1.20. The summed E-state index contributed by atoms with van der Waals surface area (Å²) < 4.78 is 2.08. The van der Waals surface area contributed by atoms with E-state index in [0.29, 0.717) is 6.04 Å². The predicted octanol–water partition coefficient (Wildman–Crippen LogP) is 3.46. The molecule has 0 amide bonds. The summed E-state index contributed by atoms with van der Waals surface area (Å²) in [6.45, 7) is 12.4. The lowest BCUT2D eigenvalue weighted by molar-refractivity contribution is 0.584. The first-order valence-electron chi connectivity index (χ1n) is 7.70. The minimum atomic E-state index is 0.488. The first kappa shape index (κ1) is 16.2. The third-order valence-corrected chi connectivity index (χ3v) is 4.55. The Morgan fingerprint density at radius 2 is 2.10 bits per heavy atom. The largest absolute Gasteiger partial charge is 0.310 e. The molecule has 0 aliphatic heterocycles. The maximum Gasteiger partial charge on any atom is 0.0928 e. The number of aromatic nitrogens is 3. The highest BCUT2D eigenvalue weighted by molar-refractivity contribution is 7.09. The molecule has 0 aliphatic carbocycles. The van der Waals surface area contributed by atoms with E-state index in [1.807, 2.05) is 0 Å². The second-order valence-corrected chi connectivity index (χ2v) is 6.77. The molecule has 0 unspecified atom stereocenters. The zero-order valence-electron chi connectivity index (χ0n) is 13.7. The summed E-state index contributed by atoms with van der Waals surface area (Å²) in [5.41, 5.74) is 4.79. The van der Waals surface area contributed by atoms with Crippen LogP contribution in [0.5, 0.6) is 0 Å². The monoisotopic (exact) mass is 306 g/mol. The Labute approximate surface area is 131 Å². The molecule has 5 heteroatoms. The van der Waals surface area contributed by atoms with Gasteiger partial charge in [0.1, 0.15) is 0 Å². The normalized spacial score (nSPS) is 11.5. The minimum Gasteiger partial charge on any atom is -0.310 e. The summed E-state index contributed by atoms with van der Waals surface area (Å²) >= 11 is 1.76. The van der Waals surface area contributed by atoms with Crippen molar-refractivity contribution < 1.29 is 0 Å². The summed E-state index contributed by atoms with van der Waals surface area (Å²) in [5, 5.41) is 11.5. The summed E-state index contributed by atoms with van der Waals surface area (Å²) in [6, 6.07) is 0.488. The van der Waals surface area contributed by atoms with Crippen molar-refractivity contribution in [3.63, 3.8) is 0 Å². The molecule has 0 saturated carbocycles. The van der Waals surface area contributed by atoms with Gasteiger partial charge in [-0.15, -0.1) is 11.3 Å². The van der Waals surface area contributed by atoms with Crippen molar-refractivity contribution in [1.82, 2.24) is 20.1 Å². The van der Waals surface area contributed by atoms with Crippen LogP contribution in [0.1, 0.15) is 54.8 Å². The molecule has 2 rings (SSSR count). The van der Waals surface area contributed by atoms with E-state index in [1.54, 1.807) is 11.3 Å². The van der Waals surface area contributed by atoms with Crippen LogP contribution in [-0.2, 0) is 19.5 Å². The Morgan fingerprint density at radius 1 is 1.33 bits per heavy atom. The number of thiazole rings is 1. The lowest BCUT2D eigenvalue weighted by Crippen LogP contribution is -2.22. The van der Waals surface area contributed by atoms with Crippen LogP contribution < -0.4 is 5.32 Å². The summed E-state index contributed by atoms with van der Waals surface area (Å²) in [5.74, 6) is 0. The van der Waals surface area contributed by atoms with Gasteiger partial charge < -0.3 is 5.32 Å². The van der Waals surface area contributed by atoms with Crippen LogP contribution in [0.2, 0.25) is 0 Å². The zero-order valence-corrected chi connectivity index (χ0v) is 14.5. The van der Waals surface area contributed by atoms with Gasteiger partial charge in [0, 0.05) is 29.2 Å². The first-order valence-corrected chi connectivity index (χ1v) is 8.58. The average Bonchev–Trinajstić information content (AvgIpc) is 2.95. The molecular formula is C16H26N4S.